The number of hydrogen-bond acceptors (Lipinski definition) is 4. The molecule has 17 heavy (non-hydrogen) atoms. The van der Waals surface area contributed by atoms with Gasteiger partial charge in [0.2, 0.25) is 0 Å². The number of hydrogen-bond donors (Lipinski definition) is 2. The molecule has 2 rings (SSSR count). The average molecular weight is 253 g/mol. The van der Waals surface area contributed by atoms with Gasteiger partial charge in [-0.1, -0.05) is 6.92 Å². The maximum Gasteiger partial charge on any atom is 0.257 e. The Morgan fingerprint density at radius 1 is 1.47 bits per heavy atom. The lowest BCUT2D eigenvalue weighted by molar-refractivity contribution is 0.0760. The molecule has 0 aliphatic carbocycles. The van der Waals surface area contributed by atoms with Crippen molar-refractivity contribution in [1.29, 1.82) is 0 Å². The lowest BCUT2D eigenvalue weighted by atomic mass is 10.1. The molecule has 0 radical (unpaired) electrons. The third-order valence-electron chi connectivity index (χ3n) is 2.74. The molecule has 1 fully saturated rings. The van der Waals surface area contributed by atoms with E-state index < -0.39 is 0 Å². The van der Waals surface area contributed by atoms with Crippen LogP contribution in [0, 0.1) is 0 Å². The number of rotatable bonds is 1. The Bertz CT molecular complexity index is 436. The molecule has 0 saturated carbocycles. The molecule has 1 saturated heterocycles. The van der Waals surface area contributed by atoms with Crippen molar-refractivity contribution in [2.75, 3.05) is 18.8 Å². The first kappa shape index (κ1) is 12.1. The van der Waals surface area contributed by atoms with Crippen molar-refractivity contribution >= 4 is 17.7 Å². The van der Waals surface area contributed by atoms with Gasteiger partial charge in [-0.25, -0.2) is 0 Å². The Morgan fingerprint density at radius 2 is 2.24 bits per heavy atom. The number of aromatic hydroxyl groups is 2. The summed E-state index contributed by atoms with van der Waals surface area (Å²) in [6.45, 7) is 3.48. The fraction of sp³-hybridized carbons (Fsp3) is 0.417. The van der Waals surface area contributed by atoms with E-state index in [0.717, 1.165) is 5.75 Å². The third-order valence-corrected chi connectivity index (χ3v) is 3.88. The summed E-state index contributed by atoms with van der Waals surface area (Å²) in [7, 11) is 0. The second-order valence-corrected chi connectivity index (χ2v) is 5.68. The lowest BCUT2D eigenvalue weighted by Crippen LogP contribution is -2.41. The largest absolute Gasteiger partial charge is 0.508 e. The highest BCUT2D eigenvalue weighted by Gasteiger charge is 2.24. The van der Waals surface area contributed by atoms with Crippen LogP contribution in [0.3, 0.4) is 0 Å². The zero-order chi connectivity index (χ0) is 12.4. The van der Waals surface area contributed by atoms with Crippen LogP contribution in [0.25, 0.3) is 0 Å². The zero-order valence-electron chi connectivity index (χ0n) is 9.59. The van der Waals surface area contributed by atoms with Crippen LogP contribution in [0.15, 0.2) is 18.2 Å². The highest BCUT2D eigenvalue weighted by Crippen LogP contribution is 2.26. The molecule has 1 heterocycles. The molecule has 92 valence electrons. The molecule has 1 aromatic rings. The Hall–Kier alpha value is -1.36. The molecule has 5 heteroatoms. The molecule has 0 aromatic heterocycles. The van der Waals surface area contributed by atoms with E-state index in [1.54, 1.807) is 4.90 Å². The van der Waals surface area contributed by atoms with Gasteiger partial charge in [0.1, 0.15) is 11.5 Å². The van der Waals surface area contributed by atoms with Crippen LogP contribution in [-0.2, 0) is 0 Å². The van der Waals surface area contributed by atoms with Crippen LogP contribution < -0.4 is 0 Å². The van der Waals surface area contributed by atoms with Gasteiger partial charge < -0.3 is 15.1 Å². The maximum absolute atomic E-state index is 12.2. The number of phenolic OH excluding ortho intramolecular Hbond substituents is 2. The number of benzene rings is 1. The molecule has 1 aliphatic rings. The van der Waals surface area contributed by atoms with E-state index in [1.165, 1.54) is 18.2 Å². The van der Waals surface area contributed by atoms with E-state index in [9.17, 15) is 15.0 Å². The van der Waals surface area contributed by atoms with Crippen molar-refractivity contribution in [2.45, 2.75) is 12.2 Å². The van der Waals surface area contributed by atoms with Crippen LogP contribution in [-0.4, -0.2) is 45.1 Å². The van der Waals surface area contributed by atoms with E-state index in [1.807, 2.05) is 11.8 Å². The summed E-state index contributed by atoms with van der Waals surface area (Å²) in [6.07, 6.45) is 0. The number of amides is 1. The van der Waals surface area contributed by atoms with E-state index in [0.29, 0.717) is 18.3 Å². The van der Waals surface area contributed by atoms with Crippen LogP contribution in [0.5, 0.6) is 11.5 Å². The third kappa shape index (κ3) is 2.66. The fourth-order valence-electron chi connectivity index (χ4n) is 1.87. The minimum absolute atomic E-state index is 0.0402. The number of nitrogens with zero attached hydrogens (tertiary/aromatic N) is 1. The van der Waals surface area contributed by atoms with Crippen LogP contribution in [0.2, 0.25) is 0 Å². The number of carbonyl (C=O) groups excluding carboxylic acids is 1. The van der Waals surface area contributed by atoms with Gasteiger partial charge in [-0.3, -0.25) is 4.79 Å². The SMILES string of the molecule is CC1CN(C(=O)c2ccc(O)cc2O)CCS1. The van der Waals surface area contributed by atoms with Gasteiger partial charge in [0, 0.05) is 30.2 Å². The Kier molecular flexibility index (Phi) is 3.47. The lowest BCUT2D eigenvalue weighted by Gasteiger charge is -2.30. The molecule has 1 aromatic carbocycles. The van der Waals surface area contributed by atoms with Gasteiger partial charge in [0.05, 0.1) is 5.56 Å². The second-order valence-electron chi connectivity index (χ2n) is 4.13. The summed E-state index contributed by atoms with van der Waals surface area (Å²) in [5.41, 5.74) is 0.252. The van der Waals surface area contributed by atoms with Gasteiger partial charge >= 0.3 is 0 Å². The first-order valence-electron chi connectivity index (χ1n) is 5.51. The first-order chi connectivity index (χ1) is 8.08. The van der Waals surface area contributed by atoms with Gasteiger partial charge in [-0.05, 0) is 12.1 Å². The Labute approximate surface area is 104 Å². The highest BCUT2D eigenvalue weighted by molar-refractivity contribution is 7.99. The minimum Gasteiger partial charge on any atom is -0.508 e. The summed E-state index contributed by atoms with van der Waals surface area (Å²) < 4.78 is 0. The van der Waals surface area contributed by atoms with Crippen LogP contribution in [0.1, 0.15) is 17.3 Å². The molecule has 1 amide bonds. The molecule has 0 bridgehead atoms. The highest BCUT2D eigenvalue weighted by atomic mass is 32.2. The summed E-state index contributed by atoms with van der Waals surface area (Å²) in [5.74, 6) is 0.545. The predicted molar refractivity (Wildman–Crippen MR) is 67.6 cm³/mol. The Balaban J connectivity index is 2.18. The summed E-state index contributed by atoms with van der Waals surface area (Å²) in [4.78, 5) is 13.9. The maximum atomic E-state index is 12.2. The van der Waals surface area contributed by atoms with Gasteiger partial charge in [0.15, 0.2) is 0 Å². The molecule has 2 N–H and O–H groups in total. The van der Waals surface area contributed by atoms with Gasteiger partial charge in [-0.2, -0.15) is 11.8 Å². The van der Waals surface area contributed by atoms with Gasteiger partial charge in [-0.15, -0.1) is 0 Å². The van der Waals surface area contributed by atoms with Crippen LogP contribution >= 0.6 is 11.8 Å². The van der Waals surface area contributed by atoms with Crippen molar-refractivity contribution in [3.8, 4) is 11.5 Å². The normalized spacial score (nSPS) is 20.3. The van der Waals surface area contributed by atoms with Crippen molar-refractivity contribution in [2.24, 2.45) is 0 Å². The number of thioether (sulfide) groups is 1. The molecular weight excluding hydrogens is 238 g/mol. The topological polar surface area (TPSA) is 60.8 Å². The standard InChI is InChI=1S/C12H15NO3S/c1-8-7-13(4-5-17-8)12(16)10-3-2-9(14)6-11(10)15/h2-3,6,8,14-15H,4-5,7H2,1H3. The molecule has 4 nitrogen and oxygen atoms in total. The number of phenols is 2. The van der Waals surface area contributed by atoms with E-state index in [4.69, 9.17) is 0 Å². The Morgan fingerprint density at radius 3 is 2.88 bits per heavy atom. The van der Waals surface area contributed by atoms with Gasteiger partial charge in [0.25, 0.3) is 5.91 Å². The summed E-state index contributed by atoms with van der Waals surface area (Å²) in [6, 6.07) is 4.06. The van der Waals surface area contributed by atoms with Crippen molar-refractivity contribution in [1.82, 2.24) is 4.90 Å². The summed E-state index contributed by atoms with van der Waals surface area (Å²) >= 11 is 1.84. The molecule has 1 aliphatic heterocycles. The smallest absolute Gasteiger partial charge is 0.257 e. The van der Waals surface area contributed by atoms with E-state index in [-0.39, 0.29) is 23.0 Å². The van der Waals surface area contributed by atoms with Crippen LogP contribution in [0.4, 0.5) is 0 Å². The monoisotopic (exact) mass is 253 g/mol. The molecule has 1 unspecified atom stereocenters. The van der Waals surface area contributed by atoms with Crippen molar-refractivity contribution < 1.29 is 15.0 Å². The predicted octanol–water partition coefficient (Wildman–Crippen LogP) is 1.68. The minimum atomic E-state index is -0.172. The average Bonchev–Trinajstić information content (AvgIpc) is 2.28. The van der Waals surface area contributed by atoms with E-state index >= 15 is 0 Å². The van der Waals surface area contributed by atoms with Crippen molar-refractivity contribution in [3.63, 3.8) is 0 Å². The summed E-state index contributed by atoms with van der Waals surface area (Å²) in [5, 5.41) is 19.3. The molecule has 0 spiro atoms. The fourth-order valence-corrected chi connectivity index (χ4v) is 2.89. The number of carbonyl (C=O) groups is 1. The molecular formula is C12H15NO3S. The second kappa shape index (κ2) is 4.87. The first-order valence-corrected chi connectivity index (χ1v) is 6.55. The quantitative estimate of drug-likeness (QED) is 0.799. The van der Waals surface area contributed by atoms with E-state index in [2.05, 4.69) is 6.92 Å². The zero-order valence-corrected chi connectivity index (χ0v) is 10.4. The van der Waals surface area contributed by atoms with Crippen molar-refractivity contribution in [3.05, 3.63) is 23.8 Å². The molecule has 1 atom stereocenters.